The first-order valence-electron chi connectivity index (χ1n) is 8.08. The van der Waals surface area contributed by atoms with Crippen LogP contribution in [0, 0.1) is 5.92 Å². The summed E-state index contributed by atoms with van der Waals surface area (Å²) in [4.78, 5) is 24.7. The summed E-state index contributed by atoms with van der Waals surface area (Å²) in [5.74, 6) is -0.490. The molecule has 1 unspecified atom stereocenters. The van der Waals surface area contributed by atoms with Gasteiger partial charge < -0.3 is 5.32 Å². The number of hydrogen-bond acceptors (Lipinski definition) is 5. The lowest BCUT2D eigenvalue weighted by Gasteiger charge is -2.14. The first-order chi connectivity index (χ1) is 11.5. The third-order valence-electron chi connectivity index (χ3n) is 3.59. The van der Waals surface area contributed by atoms with Crippen LogP contribution in [0.4, 0.5) is 10.8 Å². The number of carbonyl (C=O) groups excluding carboxylic acids is 2. The topological polar surface area (TPSA) is 84.0 Å². The van der Waals surface area contributed by atoms with Gasteiger partial charge in [-0.3, -0.25) is 14.9 Å². The normalized spacial score (nSPS) is 11.8. The van der Waals surface area contributed by atoms with E-state index in [9.17, 15) is 9.59 Å². The number of aromatic nitrogens is 2. The fourth-order valence-corrected chi connectivity index (χ4v) is 2.90. The number of rotatable bonds is 7. The number of para-hydroxylation sites is 1. The van der Waals surface area contributed by atoms with Crippen LogP contribution in [0.5, 0.6) is 0 Å². The number of aryl methyl sites for hydroxylation is 1. The minimum absolute atomic E-state index is 0.0821. The average Bonchev–Trinajstić information content (AvgIpc) is 3.03. The summed E-state index contributed by atoms with van der Waals surface area (Å²) in [5, 5.41) is 14.8. The smallest absolute Gasteiger partial charge is 0.259 e. The van der Waals surface area contributed by atoms with Crippen molar-refractivity contribution in [3.8, 4) is 0 Å². The van der Waals surface area contributed by atoms with Gasteiger partial charge in [-0.05, 0) is 25.0 Å². The number of amides is 2. The lowest BCUT2D eigenvalue weighted by atomic mass is 10.0. The van der Waals surface area contributed by atoms with E-state index in [0.717, 1.165) is 24.3 Å². The van der Waals surface area contributed by atoms with Crippen molar-refractivity contribution in [3.63, 3.8) is 0 Å². The first kappa shape index (κ1) is 18.1. The molecule has 0 saturated heterocycles. The summed E-state index contributed by atoms with van der Waals surface area (Å²) in [6.45, 7) is 5.90. The molecule has 6 nitrogen and oxygen atoms in total. The highest BCUT2D eigenvalue weighted by molar-refractivity contribution is 7.15. The summed E-state index contributed by atoms with van der Waals surface area (Å²) in [5.41, 5.74) is 0.908. The van der Waals surface area contributed by atoms with Gasteiger partial charge in [-0.15, -0.1) is 10.2 Å². The zero-order chi connectivity index (χ0) is 17.5. The second-order valence-corrected chi connectivity index (χ2v) is 6.60. The Morgan fingerprint density at radius 3 is 2.58 bits per heavy atom. The van der Waals surface area contributed by atoms with E-state index in [1.54, 1.807) is 24.3 Å². The second kappa shape index (κ2) is 8.54. The molecule has 1 atom stereocenters. The van der Waals surface area contributed by atoms with Crippen molar-refractivity contribution in [2.75, 3.05) is 10.6 Å². The maximum absolute atomic E-state index is 12.5. The van der Waals surface area contributed by atoms with Gasteiger partial charge >= 0.3 is 0 Å². The predicted octanol–water partition coefficient (Wildman–Crippen LogP) is 3.73. The molecule has 1 heterocycles. The third kappa shape index (κ3) is 4.61. The van der Waals surface area contributed by atoms with E-state index in [-0.39, 0.29) is 17.7 Å². The monoisotopic (exact) mass is 346 g/mol. The Balaban J connectivity index is 2.12. The van der Waals surface area contributed by atoms with Crippen LogP contribution in [-0.2, 0) is 11.2 Å². The summed E-state index contributed by atoms with van der Waals surface area (Å²) in [7, 11) is 0. The molecule has 2 aromatic rings. The molecule has 7 heteroatoms. The maximum atomic E-state index is 12.5. The highest BCUT2D eigenvalue weighted by atomic mass is 32.1. The molecule has 0 aliphatic carbocycles. The molecule has 1 aromatic heterocycles. The van der Waals surface area contributed by atoms with Crippen molar-refractivity contribution in [2.24, 2.45) is 5.92 Å². The molecular formula is C17H22N4O2S. The van der Waals surface area contributed by atoms with Gasteiger partial charge in [0.1, 0.15) is 5.01 Å². The van der Waals surface area contributed by atoms with Crippen molar-refractivity contribution in [3.05, 3.63) is 34.8 Å². The lowest BCUT2D eigenvalue weighted by molar-refractivity contribution is -0.119. The minimum atomic E-state index is -0.312. The van der Waals surface area contributed by atoms with E-state index in [4.69, 9.17) is 0 Å². The van der Waals surface area contributed by atoms with Crippen LogP contribution in [0.2, 0.25) is 0 Å². The van der Waals surface area contributed by atoms with Gasteiger partial charge in [-0.1, -0.05) is 50.7 Å². The number of anilines is 2. The van der Waals surface area contributed by atoms with Crippen LogP contribution < -0.4 is 10.6 Å². The van der Waals surface area contributed by atoms with E-state index in [1.165, 1.54) is 11.3 Å². The van der Waals surface area contributed by atoms with Gasteiger partial charge in [-0.2, -0.15) is 0 Å². The Hall–Kier alpha value is -2.28. The molecule has 128 valence electrons. The molecule has 2 rings (SSSR count). The SMILES string of the molecule is CCCC(C)C(=O)Nc1ccccc1C(=O)Nc1nnc(CC)s1. The third-order valence-corrected chi connectivity index (χ3v) is 4.57. The molecule has 2 N–H and O–H groups in total. The van der Waals surface area contributed by atoms with Crippen molar-refractivity contribution in [1.82, 2.24) is 10.2 Å². The molecule has 0 aliphatic rings. The Morgan fingerprint density at radius 1 is 1.17 bits per heavy atom. The van der Waals surface area contributed by atoms with Crippen molar-refractivity contribution in [2.45, 2.75) is 40.0 Å². The van der Waals surface area contributed by atoms with E-state index in [1.807, 2.05) is 20.8 Å². The molecule has 1 aromatic carbocycles. The standard InChI is InChI=1S/C17H22N4O2S/c1-4-8-11(3)15(22)18-13-10-7-6-9-12(13)16(23)19-17-21-20-14(5-2)24-17/h6-7,9-11H,4-5,8H2,1-3H3,(H,18,22)(H,19,21,23). The van der Waals surface area contributed by atoms with Gasteiger partial charge in [0.15, 0.2) is 0 Å². The largest absolute Gasteiger partial charge is 0.325 e. The minimum Gasteiger partial charge on any atom is -0.325 e. The van der Waals surface area contributed by atoms with Crippen LogP contribution in [0.25, 0.3) is 0 Å². The van der Waals surface area contributed by atoms with Crippen LogP contribution in [-0.4, -0.2) is 22.0 Å². The number of hydrogen-bond donors (Lipinski definition) is 2. The van der Waals surface area contributed by atoms with Crippen LogP contribution in [0.3, 0.4) is 0 Å². The van der Waals surface area contributed by atoms with Gasteiger partial charge in [0.2, 0.25) is 11.0 Å². The van der Waals surface area contributed by atoms with E-state index >= 15 is 0 Å². The van der Waals surface area contributed by atoms with Crippen molar-refractivity contribution < 1.29 is 9.59 Å². The number of carbonyl (C=O) groups is 2. The van der Waals surface area contributed by atoms with Crippen molar-refractivity contribution >= 4 is 34.0 Å². The quantitative estimate of drug-likeness (QED) is 0.800. The van der Waals surface area contributed by atoms with E-state index in [2.05, 4.69) is 20.8 Å². The zero-order valence-electron chi connectivity index (χ0n) is 14.1. The Labute approximate surface area is 145 Å². The summed E-state index contributed by atoms with van der Waals surface area (Å²) < 4.78 is 0. The average molecular weight is 346 g/mol. The molecule has 2 amide bonds. The molecule has 0 radical (unpaired) electrons. The van der Waals surface area contributed by atoms with Gasteiger partial charge in [0.25, 0.3) is 5.91 Å². The molecule has 0 spiro atoms. The molecule has 0 fully saturated rings. The first-order valence-corrected chi connectivity index (χ1v) is 8.90. The lowest BCUT2D eigenvalue weighted by Crippen LogP contribution is -2.22. The molecule has 0 saturated carbocycles. The Morgan fingerprint density at radius 2 is 1.92 bits per heavy atom. The zero-order valence-corrected chi connectivity index (χ0v) is 14.9. The Kier molecular flexibility index (Phi) is 6.43. The number of nitrogens with zero attached hydrogens (tertiary/aromatic N) is 2. The highest BCUT2D eigenvalue weighted by Gasteiger charge is 2.17. The number of benzene rings is 1. The van der Waals surface area contributed by atoms with E-state index < -0.39 is 0 Å². The Bertz CT molecular complexity index is 714. The van der Waals surface area contributed by atoms with Crippen molar-refractivity contribution in [1.29, 1.82) is 0 Å². The highest BCUT2D eigenvalue weighted by Crippen LogP contribution is 2.21. The molecule has 0 bridgehead atoms. The fraction of sp³-hybridized carbons (Fsp3) is 0.412. The summed E-state index contributed by atoms with van der Waals surface area (Å²) in [6.07, 6.45) is 2.52. The summed E-state index contributed by atoms with van der Waals surface area (Å²) >= 11 is 1.35. The van der Waals surface area contributed by atoms with Gasteiger partial charge in [0, 0.05) is 5.92 Å². The van der Waals surface area contributed by atoms with E-state index in [0.29, 0.717) is 16.4 Å². The van der Waals surface area contributed by atoms with Crippen LogP contribution in [0.15, 0.2) is 24.3 Å². The molecule has 24 heavy (non-hydrogen) atoms. The maximum Gasteiger partial charge on any atom is 0.259 e. The second-order valence-electron chi connectivity index (χ2n) is 5.53. The number of nitrogens with one attached hydrogen (secondary N) is 2. The van der Waals surface area contributed by atoms with Crippen LogP contribution in [0.1, 0.15) is 49.0 Å². The fourth-order valence-electron chi connectivity index (χ4n) is 2.22. The van der Waals surface area contributed by atoms with Gasteiger partial charge in [-0.25, -0.2) is 0 Å². The molecule has 0 aliphatic heterocycles. The predicted molar refractivity (Wildman–Crippen MR) is 96.4 cm³/mol. The van der Waals surface area contributed by atoms with Crippen LogP contribution >= 0.6 is 11.3 Å². The molecular weight excluding hydrogens is 324 g/mol. The van der Waals surface area contributed by atoms with Gasteiger partial charge in [0.05, 0.1) is 11.3 Å². The summed E-state index contributed by atoms with van der Waals surface area (Å²) in [6, 6.07) is 6.95.